The highest BCUT2D eigenvalue weighted by Gasteiger charge is 2.74. The monoisotopic (exact) mass is 362 g/mol. The van der Waals surface area contributed by atoms with E-state index in [9.17, 15) is 26.3 Å². The van der Waals surface area contributed by atoms with Crippen LogP contribution in [0.2, 0.25) is 0 Å². The van der Waals surface area contributed by atoms with Crippen molar-refractivity contribution in [2.45, 2.75) is 29.8 Å². The predicted octanol–water partition coefficient (Wildman–Crippen LogP) is 4.90. The third-order valence-electron chi connectivity index (χ3n) is 3.18. The molecule has 0 bridgehead atoms. The standard InChI is InChI=1S/C14H16F6O2S/c1-10(8-23-11-6-4-3-5-7-11)12(13(15,16)17,14(18,19)20)22-9-21-2/h3-7,10H,8-9H2,1-2H3. The predicted molar refractivity (Wildman–Crippen MR) is 74.1 cm³/mol. The molecule has 9 heteroatoms. The zero-order chi connectivity index (χ0) is 17.7. The van der Waals surface area contributed by atoms with E-state index in [4.69, 9.17) is 0 Å². The van der Waals surface area contributed by atoms with Crippen molar-refractivity contribution in [3.8, 4) is 0 Å². The largest absolute Gasteiger partial charge is 0.426 e. The molecule has 0 spiro atoms. The lowest BCUT2D eigenvalue weighted by atomic mass is 9.88. The van der Waals surface area contributed by atoms with Gasteiger partial charge in [-0.3, -0.25) is 0 Å². The number of alkyl halides is 6. The number of methoxy groups -OCH3 is 1. The second kappa shape index (κ2) is 7.76. The average molecular weight is 362 g/mol. The zero-order valence-corrected chi connectivity index (χ0v) is 13.2. The second-order valence-electron chi connectivity index (χ2n) is 4.81. The average Bonchev–Trinajstić information content (AvgIpc) is 2.44. The molecule has 0 N–H and O–H groups in total. The molecule has 0 saturated heterocycles. The van der Waals surface area contributed by atoms with Crippen molar-refractivity contribution in [2.24, 2.45) is 5.92 Å². The Bertz CT molecular complexity index is 460. The summed E-state index contributed by atoms with van der Waals surface area (Å²) in [5.41, 5.74) is -4.28. The van der Waals surface area contributed by atoms with Crippen LogP contribution < -0.4 is 0 Å². The highest BCUT2D eigenvalue weighted by molar-refractivity contribution is 7.99. The van der Waals surface area contributed by atoms with E-state index in [1.807, 2.05) is 0 Å². The van der Waals surface area contributed by atoms with Crippen LogP contribution in [0.3, 0.4) is 0 Å². The first kappa shape index (κ1) is 20.1. The number of hydrogen-bond donors (Lipinski definition) is 0. The van der Waals surface area contributed by atoms with Crippen molar-refractivity contribution < 1.29 is 35.8 Å². The van der Waals surface area contributed by atoms with Gasteiger partial charge in [-0.1, -0.05) is 25.1 Å². The van der Waals surface area contributed by atoms with Gasteiger partial charge >= 0.3 is 12.4 Å². The van der Waals surface area contributed by atoms with Crippen LogP contribution >= 0.6 is 11.8 Å². The SMILES string of the molecule is COCOC(C(C)CSc1ccccc1)(C(F)(F)F)C(F)(F)F. The first-order valence-corrected chi connectivity index (χ1v) is 7.49. The lowest BCUT2D eigenvalue weighted by Crippen LogP contribution is -2.63. The molecule has 1 atom stereocenters. The van der Waals surface area contributed by atoms with Gasteiger partial charge < -0.3 is 9.47 Å². The Morgan fingerprint density at radius 1 is 1.00 bits per heavy atom. The maximum atomic E-state index is 13.3. The number of rotatable bonds is 7. The van der Waals surface area contributed by atoms with Gasteiger partial charge in [0.25, 0.3) is 5.60 Å². The van der Waals surface area contributed by atoms with Crippen LogP contribution in [0, 0.1) is 5.92 Å². The minimum atomic E-state index is -5.62. The van der Waals surface area contributed by atoms with Crippen molar-refractivity contribution in [2.75, 3.05) is 19.7 Å². The first-order chi connectivity index (χ1) is 10.6. The molecule has 0 amide bonds. The molecule has 0 aliphatic rings. The molecule has 0 heterocycles. The Kier molecular flexibility index (Phi) is 6.79. The lowest BCUT2D eigenvalue weighted by molar-refractivity contribution is -0.404. The van der Waals surface area contributed by atoms with Crippen LogP contribution in [0.25, 0.3) is 0 Å². The molecule has 0 aliphatic carbocycles. The molecule has 1 aromatic carbocycles. The highest BCUT2D eigenvalue weighted by Crippen LogP contribution is 2.51. The van der Waals surface area contributed by atoms with Gasteiger partial charge in [-0.05, 0) is 12.1 Å². The van der Waals surface area contributed by atoms with Gasteiger partial charge in [-0.15, -0.1) is 11.8 Å². The van der Waals surface area contributed by atoms with Crippen LogP contribution in [0.4, 0.5) is 26.3 Å². The van der Waals surface area contributed by atoms with Crippen LogP contribution in [-0.4, -0.2) is 37.6 Å². The van der Waals surface area contributed by atoms with Gasteiger partial charge in [0.15, 0.2) is 0 Å². The summed E-state index contributed by atoms with van der Waals surface area (Å²) in [6.07, 6.45) is -11.2. The number of benzene rings is 1. The summed E-state index contributed by atoms with van der Waals surface area (Å²) < 4.78 is 88.0. The zero-order valence-electron chi connectivity index (χ0n) is 12.4. The Hall–Kier alpha value is -0.930. The molecule has 0 aromatic heterocycles. The van der Waals surface area contributed by atoms with Crippen LogP contribution in [-0.2, 0) is 9.47 Å². The minimum Gasteiger partial charge on any atom is -0.359 e. The van der Waals surface area contributed by atoms with Gasteiger partial charge in [0.2, 0.25) is 0 Å². The van der Waals surface area contributed by atoms with Gasteiger partial charge in [0.05, 0.1) is 0 Å². The number of halogens is 6. The van der Waals surface area contributed by atoms with E-state index in [2.05, 4.69) is 9.47 Å². The molecular formula is C14H16F6O2S. The fourth-order valence-electron chi connectivity index (χ4n) is 2.03. The third-order valence-corrected chi connectivity index (χ3v) is 4.46. The Morgan fingerprint density at radius 3 is 1.96 bits per heavy atom. The molecule has 0 saturated carbocycles. The van der Waals surface area contributed by atoms with E-state index < -0.39 is 36.4 Å². The van der Waals surface area contributed by atoms with E-state index in [-0.39, 0.29) is 0 Å². The molecule has 1 unspecified atom stereocenters. The molecule has 1 aromatic rings. The molecule has 1 rings (SSSR count). The summed E-state index contributed by atoms with van der Waals surface area (Å²) in [7, 11) is 0.959. The van der Waals surface area contributed by atoms with Crippen molar-refractivity contribution in [1.29, 1.82) is 0 Å². The normalized spacial score (nSPS) is 14.8. The summed E-state index contributed by atoms with van der Waals surface area (Å²) in [6, 6.07) is 8.21. The van der Waals surface area contributed by atoms with Gasteiger partial charge in [-0.25, -0.2) is 0 Å². The van der Waals surface area contributed by atoms with Gasteiger partial charge in [0.1, 0.15) is 6.79 Å². The molecule has 0 fully saturated rings. The van der Waals surface area contributed by atoms with E-state index >= 15 is 0 Å². The Morgan fingerprint density at radius 2 is 1.52 bits per heavy atom. The number of ether oxygens (including phenoxy) is 2. The van der Waals surface area contributed by atoms with Crippen LogP contribution in [0.15, 0.2) is 35.2 Å². The molecule has 2 nitrogen and oxygen atoms in total. The van der Waals surface area contributed by atoms with Crippen LogP contribution in [0.5, 0.6) is 0 Å². The third kappa shape index (κ3) is 4.54. The molecule has 0 aliphatic heterocycles. The Balaban J connectivity index is 3.06. The maximum absolute atomic E-state index is 13.3. The molecule has 132 valence electrons. The Labute approximate surface area is 134 Å². The van der Waals surface area contributed by atoms with Gasteiger partial charge in [0, 0.05) is 23.7 Å². The van der Waals surface area contributed by atoms with Crippen molar-refractivity contribution in [3.63, 3.8) is 0 Å². The van der Waals surface area contributed by atoms with E-state index in [0.717, 1.165) is 25.8 Å². The summed E-state index contributed by atoms with van der Waals surface area (Å²) in [5.74, 6) is -2.30. The minimum absolute atomic E-state index is 0.424. The van der Waals surface area contributed by atoms with E-state index in [1.54, 1.807) is 30.3 Å². The molecular weight excluding hydrogens is 346 g/mol. The summed E-state index contributed by atoms with van der Waals surface area (Å²) >= 11 is 0.900. The molecule has 23 heavy (non-hydrogen) atoms. The maximum Gasteiger partial charge on any atom is 0.426 e. The smallest absolute Gasteiger partial charge is 0.359 e. The summed E-state index contributed by atoms with van der Waals surface area (Å²) in [6.45, 7) is -0.244. The number of hydrogen-bond acceptors (Lipinski definition) is 3. The van der Waals surface area contributed by atoms with E-state index in [1.165, 1.54) is 0 Å². The van der Waals surface area contributed by atoms with Gasteiger partial charge in [-0.2, -0.15) is 26.3 Å². The van der Waals surface area contributed by atoms with E-state index in [0.29, 0.717) is 4.90 Å². The van der Waals surface area contributed by atoms with Crippen molar-refractivity contribution in [3.05, 3.63) is 30.3 Å². The highest BCUT2D eigenvalue weighted by atomic mass is 32.2. The topological polar surface area (TPSA) is 18.5 Å². The lowest BCUT2D eigenvalue weighted by Gasteiger charge is -2.41. The quantitative estimate of drug-likeness (QED) is 0.391. The second-order valence-corrected chi connectivity index (χ2v) is 5.90. The van der Waals surface area contributed by atoms with Crippen LogP contribution in [0.1, 0.15) is 6.92 Å². The van der Waals surface area contributed by atoms with Crippen molar-refractivity contribution in [1.82, 2.24) is 0 Å². The first-order valence-electron chi connectivity index (χ1n) is 6.50. The summed E-state index contributed by atoms with van der Waals surface area (Å²) in [4.78, 5) is 0.573. The number of thioether (sulfide) groups is 1. The summed E-state index contributed by atoms with van der Waals surface area (Å²) in [5, 5.41) is 0. The fourth-order valence-corrected chi connectivity index (χ4v) is 3.06. The molecule has 0 radical (unpaired) electrons. The fraction of sp³-hybridized carbons (Fsp3) is 0.571. The van der Waals surface area contributed by atoms with Crippen molar-refractivity contribution >= 4 is 11.8 Å².